The second kappa shape index (κ2) is 6.37. The van der Waals surface area contributed by atoms with Crippen molar-refractivity contribution in [2.75, 3.05) is 0 Å². The highest BCUT2D eigenvalue weighted by atomic mass is 79.9. The third-order valence-corrected chi connectivity index (χ3v) is 3.53. The van der Waals surface area contributed by atoms with Crippen LogP contribution in [0.4, 0.5) is 4.39 Å². The van der Waals surface area contributed by atoms with E-state index in [1.54, 1.807) is 19.1 Å². The van der Waals surface area contributed by atoms with Gasteiger partial charge in [-0.3, -0.25) is 0 Å². The van der Waals surface area contributed by atoms with E-state index in [4.69, 9.17) is 10.5 Å². The molecular weight excluding hydrogens is 321 g/mol. The molecule has 0 amide bonds. The van der Waals surface area contributed by atoms with Crippen LogP contribution in [0, 0.1) is 12.7 Å². The first-order chi connectivity index (χ1) is 9.45. The van der Waals surface area contributed by atoms with Gasteiger partial charge in [-0.2, -0.15) is 0 Å². The number of hydrogen-bond donors (Lipinski definition) is 1. The Morgan fingerprint density at radius 3 is 2.60 bits per heavy atom. The Morgan fingerprint density at radius 2 is 2.00 bits per heavy atom. The van der Waals surface area contributed by atoms with Crippen LogP contribution >= 0.6 is 15.9 Å². The van der Waals surface area contributed by atoms with Gasteiger partial charge in [-0.05, 0) is 77.7 Å². The van der Waals surface area contributed by atoms with Crippen LogP contribution in [0.3, 0.4) is 0 Å². The summed E-state index contributed by atoms with van der Waals surface area (Å²) in [4.78, 5) is 0. The molecule has 0 aliphatic rings. The highest BCUT2D eigenvalue weighted by Gasteiger charge is 2.07. The normalized spacial score (nSPS) is 12.2. The van der Waals surface area contributed by atoms with E-state index in [2.05, 4.69) is 15.9 Å². The summed E-state index contributed by atoms with van der Waals surface area (Å²) in [5.41, 5.74) is 7.49. The summed E-state index contributed by atoms with van der Waals surface area (Å²) in [6.45, 7) is 3.68. The first-order valence-electron chi connectivity index (χ1n) is 6.43. The molecule has 0 aliphatic heterocycles. The van der Waals surface area contributed by atoms with Crippen molar-refractivity contribution in [1.29, 1.82) is 0 Å². The lowest BCUT2D eigenvalue weighted by Crippen LogP contribution is -2.17. The maximum absolute atomic E-state index is 13.2. The van der Waals surface area contributed by atoms with E-state index in [0.717, 1.165) is 16.5 Å². The number of aryl methyl sites for hydroxylation is 1. The van der Waals surface area contributed by atoms with Gasteiger partial charge in [0.05, 0.1) is 4.47 Å². The molecule has 1 unspecified atom stereocenters. The van der Waals surface area contributed by atoms with Crippen molar-refractivity contribution in [3.63, 3.8) is 0 Å². The smallest absolute Gasteiger partial charge is 0.141 e. The Hall–Kier alpha value is -1.39. The number of rotatable bonds is 4. The largest absolute Gasteiger partial charge is 0.456 e. The summed E-state index contributed by atoms with van der Waals surface area (Å²) in [5.74, 6) is 1.08. The minimum atomic E-state index is -0.233. The Kier molecular flexibility index (Phi) is 4.78. The summed E-state index contributed by atoms with van der Waals surface area (Å²) >= 11 is 3.49. The van der Waals surface area contributed by atoms with Gasteiger partial charge in [-0.15, -0.1) is 0 Å². The summed E-state index contributed by atoms with van der Waals surface area (Å²) in [6, 6.07) is 10.7. The van der Waals surface area contributed by atoms with Gasteiger partial charge in [-0.1, -0.05) is 6.07 Å². The molecule has 0 aromatic heterocycles. The van der Waals surface area contributed by atoms with Crippen molar-refractivity contribution in [3.05, 3.63) is 57.8 Å². The Balaban J connectivity index is 2.19. The lowest BCUT2D eigenvalue weighted by Gasteiger charge is -2.11. The molecule has 0 aliphatic carbocycles. The first-order valence-corrected chi connectivity index (χ1v) is 7.23. The summed E-state index contributed by atoms with van der Waals surface area (Å²) < 4.78 is 19.8. The fraction of sp³-hybridized carbons (Fsp3) is 0.250. The Morgan fingerprint density at radius 1 is 1.25 bits per heavy atom. The van der Waals surface area contributed by atoms with Crippen LogP contribution in [0.2, 0.25) is 0 Å². The lowest BCUT2D eigenvalue weighted by molar-refractivity contribution is 0.476. The van der Waals surface area contributed by atoms with Crippen molar-refractivity contribution in [1.82, 2.24) is 0 Å². The van der Waals surface area contributed by atoms with Gasteiger partial charge in [0.25, 0.3) is 0 Å². The summed E-state index contributed by atoms with van der Waals surface area (Å²) in [6.07, 6.45) is 0.814. The van der Waals surface area contributed by atoms with Gasteiger partial charge in [0, 0.05) is 6.04 Å². The van der Waals surface area contributed by atoms with Crippen LogP contribution in [0.5, 0.6) is 11.5 Å². The van der Waals surface area contributed by atoms with Crippen molar-refractivity contribution >= 4 is 15.9 Å². The molecule has 0 bridgehead atoms. The van der Waals surface area contributed by atoms with Crippen LogP contribution in [-0.2, 0) is 6.42 Å². The number of ether oxygens (including phenoxy) is 1. The maximum Gasteiger partial charge on any atom is 0.141 e. The van der Waals surface area contributed by atoms with Gasteiger partial charge in [-0.25, -0.2) is 4.39 Å². The van der Waals surface area contributed by atoms with Gasteiger partial charge >= 0.3 is 0 Å². The zero-order chi connectivity index (χ0) is 14.7. The highest BCUT2D eigenvalue weighted by molar-refractivity contribution is 9.10. The van der Waals surface area contributed by atoms with E-state index in [-0.39, 0.29) is 11.9 Å². The van der Waals surface area contributed by atoms with Gasteiger partial charge in [0.15, 0.2) is 0 Å². The third kappa shape index (κ3) is 3.81. The van der Waals surface area contributed by atoms with Crippen LogP contribution in [0.15, 0.2) is 40.9 Å². The summed E-state index contributed by atoms with van der Waals surface area (Å²) in [5, 5.41) is 0. The van der Waals surface area contributed by atoms with E-state index in [1.165, 1.54) is 6.07 Å². The molecule has 20 heavy (non-hydrogen) atoms. The van der Waals surface area contributed by atoms with Crippen molar-refractivity contribution in [3.8, 4) is 11.5 Å². The standard InChI is InChI=1S/C16H17BrFNO/c1-10-7-13(4-5-15(10)18)20-16-6-3-12(8-11(2)19)9-14(16)17/h3-7,9,11H,8,19H2,1-2H3. The van der Waals surface area contributed by atoms with E-state index < -0.39 is 0 Å². The first kappa shape index (κ1) is 15.0. The molecule has 2 aromatic rings. The van der Waals surface area contributed by atoms with Gasteiger partial charge < -0.3 is 10.5 Å². The zero-order valence-corrected chi connectivity index (χ0v) is 13.1. The van der Waals surface area contributed by atoms with Crippen molar-refractivity contribution in [2.24, 2.45) is 5.73 Å². The molecule has 106 valence electrons. The van der Waals surface area contributed by atoms with Gasteiger partial charge in [0.2, 0.25) is 0 Å². The molecule has 2 aromatic carbocycles. The molecule has 4 heteroatoms. The number of halogens is 2. The van der Waals surface area contributed by atoms with Crippen LogP contribution in [0.1, 0.15) is 18.1 Å². The average molecular weight is 338 g/mol. The fourth-order valence-electron chi connectivity index (χ4n) is 1.93. The minimum absolute atomic E-state index is 0.119. The fourth-order valence-corrected chi connectivity index (χ4v) is 2.44. The van der Waals surface area contributed by atoms with E-state index in [9.17, 15) is 4.39 Å². The monoisotopic (exact) mass is 337 g/mol. The molecule has 0 saturated carbocycles. The second-order valence-electron chi connectivity index (χ2n) is 4.96. The molecule has 0 fully saturated rings. The number of benzene rings is 2. The zero-order valence-electron chi connectivity index (χ0n) is 11.5. The Labute approximate surface area is 126 Å². The molecule has 0 spiro atoms. The van der Waals surface area contributed by atoms with Crippen molar-refractivity contribution in [2.45, 2.75) is 26.3 Å². The van der Waals surface area contributed by atoms with Crippen LogP contribution < -0.4 is 10.5 Å². The molecule has 2 nitrogen and oxygen atoms in total. The second-order valence-corrected chi connectivity index (χ2v) is 5.81. The predicted molar refractivity (Wildman–Crippen MR) is 82.7 cm³/mol. The molecular formula is C16H17BrFNO. The Bertz CT molecular complexity index is 613. The quantitative estimate of drug-likeness (QED) is 0.886. The van der Waals surface area contributed by atoms with Crippen LogP contribution in [0.25, 0.3) is 0 Å². The van der Waals surface area contributed by atoms with E-state index in [1.807, 2.05) is 25.1 Å². The average Bonchev–Trinajstić information content (AvgIpc) is 2.36. The number of hydrogen-bond acceptors (Lipinski definition) is 2. The van der Waals surface area contributed by atoms with Crippen molar-refractivity contribution < 1.29 is 9.13 Å². The molecule has 2 N–H and O–H groups in total. The SMILES string of the molecule is Cc1cc(Oc2ccc(CC(C)N)cc2Br)ccc1F. The lowest BCUT2D eigenvalue weighted by atomic mass is 10.1. The third-order valence-electron chi connectivity index (χ3n) is 2.91. The molecule has 2 rings (SSSR count). The highest BCUT2D eigenvalue weighted by Crippen LogP contribution is 2.31. The molecule has 0 heterocycles. The topological polar surface area (TPSA) is 35.2 Å². The maximum atomic E-state index is 13.2. The molecule has 0 radical (unpaired) electrons. The van der Waals surface area contributed by atoms with E-state index >= 15 is 0 Å². The van der Waals surface area contributed by atoms with E-state index in [0.29, 0.717) is 17.1 Å². The molecule has 1 atom stereocenters. The summed E-state index contributed by atoms with van der Waals surface area (Å²) in [7, 11) is 0. The predicted octanol–water partition coefficient (Wildman–Crippen LogP) is 4.58. The van der Waals surface area contributed by atoms with Gasteiger partial charge in [0.1, 0.15) is 17.3 Å². The number of nitrogens with two attached hydrogens (primary N) is 1. The molecule has 0 saturated heterocycles. The van der Waals surface area contributed by atoms with Crippen LogP contribution in [-0.4, -0.2) is 6.04 Å². The minimum Gasteiger partial charge on any atom is -0.456 e.